The molecule has 11 nitrogen and oxygen atoms in total. The number of thioether (sulfide) groups is 1. The number of carbonyl (C=O) groups is 1. The number of aromatic nitrogens is 6. The summed E-state index contributed by atoms with van der Waals surface area (Å²) in [6, 6.07) is 13.0. The highest BCUT2D eigenvalue weighted by Crippen LogP contribution is 2.23. The van der Waals surface area contributed by atoms with E-state index in [0.29, 0.717) is 41.1 Å². The molecule has 0 aliphatic heterocycles. The van der Waals surface area contributed by atoms with E-state index in [0.717, 1.165) is 11.0 Å². The van der Waals surface area contributed by atoms with Gasteiger partial charge < -0.3 is 14.0 Å². The molecule has 0 aliphatic carbocycles. The van der Waals surface area contributed by atoms with Gasteiger partial charge in [0.05, 0.1) is 31.7 Å². The minimum absolute atomic E-state index is 0.110. The van der Waals surface area contributed by atoms with Crippen LogP contribution in [0, 0.1) is 0 Å². The van der Waals surface area contributed by atoms with Gasteiger partial charge in [0.1, 0.15) is 23.6 Å². The summed E-state index contributed by atoms with van der Waals surface area (Å²) in [5.41, 5.74) is 4.93. The number of benzene rings is 2. The number of ether oxygens (including phenoxy) is 2. The largest absolute Gasteiger partial charge is 0.497 e. The molecule has 4 rings (SSSR count). The van der Waals surface area contributed by atoms with Crippen LogP contribution >= 0.6 is 11.8 Å². The Bertz CT molecular complexity index is 1360. The van der Waals surface area contributed by atoms with Crippen LogP contribution < -0.4 is 14.9 Å². The molecule has 180 valence electrons. The Balaban J connectivity index is 1.38. The molecule has 2 aromatic heterocycles. The Labute approximate surface area is 205 Å². The molecule has 0 bridgehead atoms. The van der Waals surface area contributed by atoms with E-state index < -0.39 is 0 Å². The second-order valence-electron chi connectivity index (χ2n) is 7.22. The Morgan fingerprint density at radius 3 is 2.83 bits per heavy atom. The lowest BCUT2D eigenvalue weighted by atomic mass is 10.2. The Morgan fingerprint density at radius 2 is 2.03 bits per heavy atom. The number of methoxy groups -OCH3 is 2. The normalized spacial score (nSPS) is 11.1. The lowest BCUT2D eigenvalue weighted by Crippen LogP contribution is -2.20. The molecule has 0 unspecified atom stereocenters. The Kier molecular flexibility index (Phi) is 7.73. The molecule has 12 heteroatoms. The van der Waals surface area contributed by atoms with Crippen LogP contribution in [0.25, 0.3) is 11.0 Å². The van der Waals surface area contributed by atoms with Gasteiger partial charge in [0.2, 0.25) is 0 Å². The Hall–Kier alpha value is -4.19. The average Bonchev–Trinajstić information content (AvgIpc) is 3.47. The second-order valence-corrected chi connectivity index (χ2v) is 8.17. The summed E-state index contributed by atoms with van der Waals surface area (Å²) in [4.78, 5) is 12.3. The van der Waals surface area contributed by atoms with Gasteiger partial charge in [-0.05, 0) is 24.3 Å². The Morgan fingerprint density at radius 1 is 1.17 bits per heavy atom. The SMILES string of the molecule is C=CCn1c(Cn2nnc3ccccc32)nnc1SCC(=O)NN=Cc1ccc(OC)cc1OC. The van der Waals surface area contributed by atoms with Gasteiger partial charge >= 0.3 is 0 Å². The molecule has 0 saturated heterocycles. The molecular formula is C23H24N8O3S. The predicted octanol–water partition coefficient (Wildman–Crippen LogP) is 2.52. The molecule has 2 aromatic carbocycles. The van der Waals surface area contributed by atoms with Crippen molar-refractivity contribution in [2.24, 2.45) is 5.10 Å². The summed E-state index contributed by atoms with van der Waals surface area (Å²) < 4.78 is 14.2. The van der Waals surface area contributed by atoms with Crippen LogP contribution in [0.5, 0.6) is 11.5 Å². The van der Waals surface area contributed by atoms with Gasteiger partial charge in [0.15, 0.2) is 11.0 Å². The summed E-state index contributed by atoms with van der Waals surface area (Å²) in [7, 11) is 3.14. The third-order valence-electron chi connectivity index (χ3n) is 4.98. The van der Waals surface area contributed by atoms with Gasteiger partial charge in [0, 0.05) is 18.2 Å². The minimum Gasteiger partial charge on any atom is -0.497 e. The van der Waals surface area contributed by atoms with Crippen molar-refractivity contribution in [1.82, 2.24) is 35.2 Å². The number of rotatable bonds is 11. The second kappa shape index (κ2) is 11.3. The molecule has 0 atom stereocenters. The van der Waals surface area contributed by atoms with Crippen molar-refractivity contribution in [2.45, 2.75) is 18.2 Å². The van der Waals surface area contributed by atoms with Crippen LogP contribution in [0.15, 0.2) is 65.4 Å². The molecule has 0 saturated carbocycles. The molecule has 2 heterocycles. The zero-order valence-corrected chi connectivity index (χ0v) is 20.1. The van der Waals surface area contributed by atoms with E-state index in [1.54, 1.807) is 43.2 Å². The van der Waals surface area contributed by atoms with Crippen molar-refractivity contribution in [2.75, 3.05) is 20.0 Å². The van der Waals surface area contributed by atoms with Gasteiger partial charge in [-0.15, -0.1) is 21.9 Å². The number of para-hydroxylation sites is 1. The smallest absolute Gasteiger partial charge is 0.250 e. The average molecular weight is 493 g/mol. The quantitative estimate of drug-likeness (QED) is 0.147. The highest BCUT2D eigenvalue weighted by Gasteiger charge is 2.15. The molecule has 0 radical (unpaired) electrons. The van der Waals surface area contributed by atoms with E-state index in [9.17, 15) is 4.79 Å². The summed E-state index contributed by atoms with van der Waals surface area (Å²) in [5.74, 6) is 1.77. The monoisotopic (exact) mass is 492 g/mol. The molecule has 35 heavy (non-hydrogen) atoms. The standard InChI is InChI=1S/C23H24N8O3S/c1-4-11-30-21(14-31-19-8-6-5-7-18(19)25-29-31)26-28-23(30)35-15-22(32)27-24-13-16-9-10-17(33-2)12-20(16)34-3/h4-10,12-13H,1,11,14-15H2,2-3H3,(H,27,32). The number of carbonyl (C=O) groups excluding carboxylic acids is 1. The van der Waals surface area contributed by atoms with Crippen LogP contribution in [0.2, 0.25) is 0 Å². The number of nitrogens with zero attached hydrogens (tertiary/aromatic N) is 7. The van der Waals surface area contributed by atoms with E-state index in [2.05, 4.69) is 37.6 Å². The number of hydrazone groups is 1. The zero-order valence-electron chi connectivity index (χ0n) is 19.3. The van der Waals surface area contributed by atoms with Crippen LogP contribution in [0.4, 0.5) is 0 Å². The van der Waals surface area contributed by atoms with Crippen molar-refractivity contribution in [3.05, 3.63) is 66.5 Å². The number of allylic oxidation sites excluding steroid dienone is 1. The maximum absolute atomic E-state index is 12.3. The fraction of sp³-hybridized carbons (Fsp3) is 0.217. The topological polar surface area (TPSA) is 121 Å². The van der Waals surface area contributed by atoms with Crippen LogP contribution in [0.1, 0.15) is 11.4 Å². The lowest BCUT2D eigenvalue weighted by Gasteiger charge is -2.08. The summed E-state index contributed by atoms with van der Waals surface area (Å²) >= 11 is 1.26. The van der Waals surface area contributed by atoms with Crippen LogP contribution in [-0.4, -0.2) is 61.9 Å². The molecule has 0 aliphatic rings. The van der Waals surface area contributed by atoms with Crippen LogP contribution in [0.3, 0.4) is 0 Å². The lowest BCUT2D eigenvalue weighted by molar-refractivity contribution is -0.118. The maximum Gasteiger partial charge on any atom is 0.250 e. The number of fused-ring (bicyclic) bond motifs is 1. The van der Waals surface area contributed by atoms with Crippen molar-refractivity contribution in [3.63, 3.8) is 0 Å². The fourth-order valence-corrected chi connectivity index (χ4v) is 4.04. The summed E-state index contributed by atoms with van der Waals surface area (Å²) in [5, 5.41) is 21.6. The van der Waals surface area contributed by atoms with Gasteiger partial charge in [-0.3, -0.25) is 4.79 Å². The first-order chi connectivity index (χ1) is 17.1. The first-order valence-corrected chi connectivity index (χ1v) is 11.6. The van der Waals surface area contributed by atoms with Crippen molar-refractivity contribution in [3.8, 4) is 11.5 Å². The first kappa shape index (κ1) is 24.0. The number of hydrogen-bond donors (Lipinski definition) is 1. The zero-order chi connectivity index (χ0) is 24.6. The first-order valence-electron chi connectivity index (χ1n) is 10.6. The molecule has 1 amide bonds. The summed E-state index contributed by atoms with van der Waals surface area (Å²) in [6.45, 7) is 4.70. The molecule has 4 aromatic rings. The summed E-state index contributed by atoms with van der Waals surface area (Å²) in [6.07, 6.45) is 3.27. The number of hydrogen-bond acceptors (Lipinski definition) is 9. The van der Waals surface area contributed by atoms with Gasteiger partial charge in [-0.1, -0.05) is 35.2 Å². The molecule has 0 fully saturated rings. The van der Waals surface area contributed by atoms with Crippen molar-refractivity contribution < 1.29 is 14.3 Å². The van der Waals surface area contributed by atoms with E-state index in [1.807, 2.05) is 28.8 Å². The minimum atomic E-state index is -0.282. The van der Waals surface area contributed by atoms with Gasteiger partial charge in [0.25, 0.3) is 5.91 Å². The number of amides is 1. The maximum atomic E-state index is 12.3. The highest BCUT2D eigenvalue weighted by atomic mass is 32.2. The molecule has 0 spiro atoms. The third-order valence-corrected chi connectivity index (χ3v) is 5.95. The van der Waals surface area contributed by atoms with E-state index in [1.165, 1.54) is 18.0 Å². The predicted molar refractivity (Wildman–Crippen MR) is 133 cm³/mol. The fourth-order valence-electron chi connectivity index (χ4n) is 3.28. The van der Waals surface area contributed by atoms with Gasteiger partial charge in [-0.25, -0.2) is 10.1 Å². The van der Waals surface area contributed by atoms with Crippen LogP contribution in [-0.2, 0) is 17.9 Å². The van der Waals surface area contributed by atoms with Crippen molar-refractivity contribution >= 4 is 34.9 Å². The van der Waals surface area contributed by atoms with E-state index in [4.69, 9.17) is 9.47 Å². The van der Waals surface area contributed by atoms with E-state index in [-0.39, 0.29) is 11.7 Å². The highest BCUT2D eigenvalue weighted by molar-refractivity contribution is 7.99. The number of nitrogens with one attached hydrogen (secondary N) is 1. The van der Waals surface area contributed by atoms with E-state index >= 15 is 0 Å². The molecular weight excluding hydrogens is 468 g/mol. The molecule has 1 N–H and O–H groups in total. The van der Waals surface area contributed by atoms with Gasteiger partial charge in [-0.2, -0.15) is 5.10 Å². The third kappa shape index (κ3) is 5.66. The van der Waals surface area contributed by atoms with Crippen molar-refractivity contribution in [1.29, 1.82) is 0 Å².